The topological polar surface area (TPSA) is 12.9 Å². The molecule has 13 heavy (non-hydrogen) atoms. The molecule has 0 radical (unpaired) electrons. The molecule has 0 saturated carbocycles. The maximum absolute atomic E-state index is 3.85. The van der Waals surface area contributed by atoms with Gasteiger partial charge in [0.15, 0.2) is 0 Å². The molecule has 0 saturated heterocycles. The van der Waals surface area contributed by atoms with E-state index in [1.807, 2.05) is 60.6 Å². The number of aromatic nitrogens is 1. The minimum absolute atomic E-state index is 1.26. The van der Waals surface area contributed by atoms with Crippen LogP contribution in [0.5, 0.6) is 0 Å². The van der Waals surface area contributed by atoms with Gasteiger partial charge in [-0.3, -0.25) is 4.98 Å². The standard InChI is InChI=1S/C6H7N.3C2H6/c1-6-2-4-7-5-3-6;3*1-2/h2-5H,1H3;3*1-2H3. The zero-order valence-electron chi connectivity index (χ0n) is 10.3. The fourth-order valence-corrected chi connectivity index (χ4v) is 0.426. The highest BCUT2D eigenvalue weighted by Gasteiger charge is 1.72. The van der Waals surface area contributed by atoms with Crippen molar-refractivity contribution >= 4 is 0 Å². The molecule has 0 aromatic carbocycles. The van der Waals surface area contributed by atoms with Crippen molar-refractivity contribution in [1.82, 2.24) is 4.98 Å². The van der Waals surface area contributed by atoms with Gasteiger partial charge in [0.05, 0.1) is 0 Å². The Balaban J connectivity index is -0.000000144. The minimum Gasteiger partial charge on any atom is -0.265 e. The third-order valence-corrected chi connectivity index (χ3v) is 0.847. The Bertz CT molecular complexity index is 135. The Morgan fingerprint density at radius 3 is 1.23 bits per heavy atom. The van der Waals surface area contributed by atoms with Crippen LogP contribution in [0.1, 0.15) is 47.1 Å². The van der Waals surface area contributed by atoms with Gasteiger partial charge in [0, 0.05) is 12.4 Å². The highest BCUT2D eigenvalue weighted by atomic mass is 14.6. The van der Waals surface area contributed by atoms with Crippen molar-refractivity contribution in [2.75, 3.05) is 0 Å². The van der Waals surface area contributed by atoms with E-state index in [9.17, 15) is 0 Å². The molecule has 1 nitrogen and oxygen atoms in total. The first-order valence-electron chi connectivity index (χ1n) is 5.26. The Kier molecular flexibility index (Phi) is 31.2. The molecule has 0 bridgehead atoms. The molecule has 1 heteroatoms. The lowest BCUT2D eigenvalue weighted by atomic mass is 10.3. The van der Waals surface area contributed by atoms with Crippen LogP contribution >= 0.6 is 0 Å². The molecule has 0 unspecified atom stereocenters. The first-order chi connectivity index (χ1) is 6.39. The zero-order valence-corrected chi connectivity index (χ0v) is 10.3. The van der Waals surface area contributed by atoms with E-state index in [1.165, 1.54) is 5.56 Å². The molecule has 1 rings (SSSR count). The van der Waals surface area contributed by atoms with E-state index < -0.39 is 0 Å². The van der Waals surface area contributed by atoms with Gasteiger partial charge in [0.1, 0.15) is 0 Å². The van der Waals surface area contributed by atoms with Gasteiger partial charge in [-0.1, -0.05) is 41.5 Å². The summed E-state index contributed by atoms with van der Waals surface area (Å²) < 4.78 is 0. The van der Waals surface area contributed by atoms with Crippen molar-refractivity contribution in [2.24, 2.45) is 0 Å². The maximum atomic E-state index is 3.85. The minimum atomic E-state index is 1.26. The molecule has 0 spiro atoms. The summed E-state index contributed by atoms with van der Waals surface area (Å²) in [4.78, 5) is 3.85. The lowest BCUT2D eigenvalue weighted by molar-refractivity contribution is 1.29. The third-order valence-electron chi connectivity index (χ3n) is 0.847. The normalized spacial score (nSPS) is 6.08. The molecule has 1 aromatic rings. The van der Waals surface area contributed by atoms with E-state index >= 15 is 0 Å². The van der Waals surface area contributed by atoms with Crippen molar-refractivity contribution in [3.05, 3.63) is 30.1 Å². The average molecular weight is 183 g/mol. The number of rotatable bonds is 0. The van der Waals surface area contributed by atoms with Crippen molar-refractivity contribution in [1.29, 1.82) is 0 Å². The molecular weight excluding hydrogens is 158 g/mol. The van der Waals surface area contributed by atoms with Crippen molar-refractivity contribution in [3.8, 4) is 0 Å². The van der Waals surface area contributed by atoms with Crippen LogP contribution in [0, 0.1) is 6.92 Å². The Labute approximate surface area is 84.2 Å². The highest BCUT2D eigenvalue weighted by molar-refractivity contribution is 5.05. The zero-order chi connectivity index (χ0) is 11.1. The SMILES string of the molecule is CC.CC.CC.Cc1ccncc1. The van der Waals surface area contributed by atoms with Gasteiger partial charge < -0.3 is 0 Å². The number of nitrogens with zero attached hydrogens (tertiary/aromatic N) is 1. The summed E-state index contributed by atoms with van der Waals surface area (Å²) in [7, 11) is 0. The second kappa shape index (κ2) is 22.5. The number of aryl methyl sites for hydroxylation is 1. The van der Waals surface area contributed by atoms with Crippen LogP contribution in [0.4, 0.5) is 0 Å². The first kappa shape index (κ1) is 18.0. The van der Waals surface area contributed by atoms with Gasteiger partial charge in [-0.2, -0.15) is 0 Å². The number of pyridine rings is 1. The van der Waals surface area contributed by atoms with Crippen molar-refractivity contribution < 1.29 is 0 Å². The summed E-state index contributed by atoms with van der Waals surface area (Å²) in [5.74, 6) is 0. The van der Waals surface area contributed by atoms with Crippen LogP contribution in [0.3, 0.4) is 0 Å². The van der Waals surface area contributed by atoms with Gasteiger partial charge in [-0.05, 0) is 24.6 Å². The molecular formula is C12H25N. The van der Waals surface area contributed by atoms with Gasteiger partial charge in [-0.25, -0.2) is 0 Å². The lowest BCUT2D eigenvalue weighted by Gasteiger charge is -1.82. The summed E-state index contributed by atoms with van der Waals surface area (Å²) in [6.45, 7) is 14.0. The summed E-state index contributed by atoms with van der Waals surface area (Å²) >= 11 is 0. The first-order valence-corrected chi connectivity index (χ1v) is 5.26. The summed E-state index contributed by atoms with van der Waals surface area (Å²) in [6, 6.07) is 3.94. The van der Waals surface area contributed by atoms with Crippen LogP contribution in [0.15, 0.2) is 24.5 Å². The molecule has 0 aliphatic heterocycles. The van der Waals surface area contributed by atoms with Crippen LogP contribution in [-0.2, 0) is 0 Å². The second-order valence-corrected chi connectivity index (χ2v) is 1.52. The van der Waals surface area contributed by atoms with E-state index in [0.717, 1.165) is 0 Å². The molecule has 1 aromatic heterocycles. The lowest BCUT2D eigenvalue weighted by Crippen LogP contribution is -1.68. The van der Waals surface area contributed by atoms with Crippen LogP contribution in [0.2, 0.25) is 0 Å². The molecule has 78 valence electrons. The summed E-state index contributed by atoms with van der Waals surface area (Å²) in [6.07, 6.45) is 3.57. The predicted molar refractivity (Wildman–Crippen MR) is 63.0 cm³/mol. The van der Waals surface area contributed by atoms with E-state index in [2.05, 4.69) is 4.98 Å². The number of hydrogen-bond donors (Lipinski definition) is 0. The van der Waals surface area contributed by atoms with Crippen LogP contribution in [0.25, 0.3) is 0 Å². The van der Waals surface area contributed by atoms with E-state index in [-0.39, 0.29) is 0 Å². The Hall–Kier alpha value is -0.850. The van der Waals surface area contributed by atoms with Crippen molar-refractivity contribution in [2.45, 2.75) is 48.5 Å². The highest BCUT2D eigenvalue weighted by Crippen LogP contribution is 1.88. The molecule has 0 N–H and O–H groups in total. The van der Waals surface area contributed by atoms with E-state index in [1.54, 1.807) is 12.4 Å². The smallest absolute Gasteiger partial charge is 0.0270 e. The third kappa shape index (κ3) is 18.3. The largest absolute Gasteiger partial charge is 0.265 e. The van der Waals surface area contributed by atoms with Gasteiger partial charge in [-0.15, -0.1) is 0 Å². The molecule has 0 aliphatic rings. The van der Waals surface area contributed by atoms with Crippen LogP contribution in [-0.4, -0.2) is 4.98 Å². The van der Waals surface area contributed by atoms with Crippen molar-refractivity contribution in [3.63, 3.8) is 0 Å². The monoisotopic (exact) mass is 183 g/mol. The maximum Gasteiger partial charge on any atom is 0.0270 e. The molecule has 0 aliphatic carbocycles. The average Bonchev–Trinajstić information content (AvgIpc) is 2.28. The van der Waals surface area contributed by atoms with E-state index in [0.29, 0.717) is 0 Å². The summed E-state index contributed by atoms with van der Waals surface area (Å²) in [5, 5.41) is 0. The predicted octanol–water partition coefficient (Wildman–Crippen LogP) is 4.47. The van der Waals surface area contributed by atoms with Gasteiger partial charge in [0.2, 0.25) is 0 Å². The Morgan fingerprint density at radius 2 is 1.08 bits per heavy atom. The quantitative estimate of drug-likeness (QED) is 0.578. The molecule has 1 heterocycles. The van der Waals surface area contributed by atoms with Crippen LogP contribution < -0.4 is 0 Å². The fraction of sp³-hybridized carbons (Fsp3) is 0.583. The molecule has 0 fully saturated rings. The summed E-state index contributed by atoms with van der Waals surface area (Å²) in [5.41, 5.74) is 1.26. The molecule has 0 atom stereocenters. The Morgan fingerprint density at radius 1 is 0.769 bits per heavy atom. The number of hydrogen-bond acceptors (Lipinski definition) is 1. The molecule has 0 amide bonds. The van der Waals surface area contributed by atoms with E-state index in [4.69, 9.17) is 0 Å². The van der Waals surface area contributed by atoms with Gasteiger partial charge >= 0.3 is 0 Å². The van der Waals surface area contributed by atoms with Gasteiger partial charge in [0.25, 0.3) is 0 Å². The second-order valence-electron chi connectivity index (χ2n) is 1.52. The fourth-order valence-electron chi connectivity index (χ4n) is 0.426.